The van der Waals surface area contributed by atoms with Crippen molar-refractivity contribution in [2.75, 3.05) is 6.54 Å². The van der Waals surface area contributed by atoms with Crippen LogP contribution in [0.5, 0.6) is 0 Å². The molecule has 1 aromatic rings. The highest BCUT2D eigenvalue weighted by Gasteiger charge is 2.18. The largest absolute Gasteiger partial charge is 0.350 e. The minimum Gasteiger partial charge on any atom is -0.350 e. The molecule has 0 radical (unpaired) electrons. The van der Waals surface area contributed by atoms with Gasteiger partial charge in [-0.25, -0.2) is 9.97 Å². The Bertz CT molecular complexity index is 435. The minimum absolute atomic E-state index is 0.169. The summed E-state index contributed by atoms with van der Waals surface area (Å²) in [6.07, 6.45) is 1.58. The summed E-state index contributed by atoms with van der Waals surface area (Å²) >= 11 is 0. The first-order valence-electron chi connectivity index (χ1n) is 6.11. The van der Waals surface area contributed by atoms with Gasteiger partial charge >= 0.3 is 0 Å². The van der Waals surface area contributed by atoms with E-state index in [0.29, 0.717) is 17.9 Å². The highest BCUT2D eigenvalue weighted by molar-refractivity contribution is 5.95. The summed E-state index contributed by atoms with van der Waals surface area (Å²) in [5.74, 6) is 0.685. The van der Waals surface area contributed by atoms with Crippen molar-refractivity contribution >= 4 is 5.91 Å². The van der Waals surface area contributed by atoms with Gasteiger partial charge in [-0.3, -0.25) is 4.79 Å². The first-order chi connectivity index (χ1) is 8.20. The number of nitrogens with one attached hydrogen (secondary N) is 1. The second kappa shape index (κ2) is 5.44. The molecule has 1 aromatic heterocycles. The number of aryl methyl sites for hydroxylation is 1. The zero-order chi connectivity index (χ0) is 13.9. The zero-order valence-corrected chi connectivity index (χ0v) is 11.7. The molecule has 5 nitrogen and oxygen atoms in total. The molecule has 1 rings (SSSR count). The minimum atomic E-state index is -0.431. The number of nitrogens with two attached hydrogens (primary N) is 1. The second-order valence-electron chi connectivity index (χ2n) is 5.54. The van der Waals surface area contributed by atoms with Crippen molar-refractivity contribution in [3.63, 3.8) is 0 Å². The molecule has 0 aliphatic heterocycles. The summed E-state index contributed by atoms with van der Waals surface area (Å²) in [4.78, 5) is 20.5. The van der Waals surface area contributed by atoms with Gasteiger partial charge in [0.05, 0.1) is 11.3 Å². The molecule has 0 bridgehead atoms. The average Bonchev–Trinajstić information content (AvgIpc) is 2.24. The van der Waals surface area contributed by atoms with E-state index >= 15 is 0 Å². The summed E-state index contributed by atoms with van der Waals surface area (Å²) in [6.45, 7) is 9.97. The van der Waals surface area contributed by atoms with Crippen LogP contribution in [0.25, 0.3) is 0 Å². The van der Waals surface area contributed by atoms with Crippen molar-refractivity contribution in [3.8, 4) is 0 Å². The second-order valence-corrected chi connectivity index (χ2v) is 5.54. The third-order valence-corrected chi connectivity index (χ3v) is 2.43. The van der Waals surface area contributed by atoms with Gasteiger partial charge in [-0.15, -0.1) is 0 Å². The Morgan fingerprint density at radius 1 is 1.50 bits per heavy atom. The first-order valence-corrected chi connectivity index (χ1v) is 6.11. The van der Waals surface area contributed by atoms with Gasteiger partial charge in [0.25, 0.3) is 5.91 Å². The Balaban J connectivity index is 2.92. The van der Waals surface area contributed by atoms with Crippen molar-refractivity contribution < 1.29 is 4.79 Å². The molecule has 0 saturated carbocycles. The Kier molecular flexibility index (Phi) is 4.40. The van der Waals surface area contributed by atoms with Crippen molar-refractivity contribution in [2.24, 2.45) is 5.73 Å². The molecule has 0 saturated heterocycles. The number of amides is 1. The lowest BCUT2D eigenvalue weighted by molar-refractivity contribution is 0.0944. The molecular formula is C13H22N4O. The molecule has 0 atom stereocenters. The smallest absolute Gasteiger partial charge is 0.254 e. The van der Waals surface area contributed by atoms with Gasteiger partial charge in [0.1, 0.15) is 5.82 Å². The maximum absolute atomic E-state index is 12.1. The third-order valence-electron chi connectivity index (χ3n) is 2.43. The fraction of sp³-hybridized carbons (Fsp3) is 0.615. The molecule has 100 valence electrons. The Labute approximate surface area is 108 Å². The van der Waals surface area contributed by atoms with Gasteiger partial charge in [-0.05, 0) is 26.7 Å². The predicted molar refractivity (Wildman–Crippen MR) is 71.5 cm³/mol. The van der Waals surface area contributed by atoms with Gasteiger partial charge in [0.2, 0.25) is 0 Å². The van der Waals surface area contributed by atoms with Crippen LogP contribution in [0.15, 0.2) is 6.20 Å². The molecule has 3 N–H and O–H groups in total. The molecular weight excluding hydrogens is 228 g/mol. The van der Waals surface area contributed by atoms with Crippen LogP contribution in [-0.4, -0.2) is 28.0 Å². The first kappa shape index (κ1) is 14.6. The molecule has 0 aliphatic carbocycles. The van der Waals surface area contributed by atoms with Crippen LogP contribution >= 0.6 is 0 Å². The summed E-state index contributed by atoms with van der Waals surface area (Å²) in [6, 6.07) is 0. The van der Waals surface area contributed by atoms with Crippen LogP contribution in [0.2, 0.25) is 0 Å². The summed E-state index contributed by atoms with van der Waals surface area (Å²) < 4.78 is 0. The van der Waals surface area contributed by atoms with E-state index in [0.717, 1.165) is 5.69 Å². The topological polar surface area (TPSA) is 80.9 Å². The van der Waals surface area contributed by atoms with Gasteiger partial charge in [-0.1, -0.05) is 13.8 Å². The maximum atomic E-state index is 12.1. The number of hydrogen-bond acceptors (Lipinski definition) is 4. The summed E-state index contributed by atoms with van der Waals surface area (Å²) in [7, 11) is 0. The number of nitrogens with zero attached hydrogens (tertiary/aromatic N) is 2. The SMILES string of the molecule is Cc1ncc(C(=O)NCC(C)(C)N)c(C(C)C)n1. The zero-order valence-electron chi connectivity index (χ0n) is 11.7. The molecule has 1 amide bonds. The van der Waals surface area contributed by atoms with E-state index in [1.165, 1.54) is 0 Å². The lowest BCUT2D eigenvalue weighted by Crippen LogP contribution is -2.45. The number of aromatic nitrogens is 2. The Morgan fingerprint density at radius 3 is 2.61 bits per heavy atom. The molecule has 0 fully saturated rings. The number of hydrogen-bond donors (Lipinski definition) is 2. The molecule has 0 aromatic carbocycles. The van der Waals surface area contributed by atoms with E-state index in [4.69, 9.17) is 5.73 Å². The number of carbonyl (C=O) groups excluding carboxylic acids is 1. The normalized spacial score (nSPS) is 11.7. The average molecular weight is 250 g/mol. The number of carbonyl (C=O) groups is 1. The monoisotopic (exact) mass is 250 g/mol. The van der Waals surface area contributed by atoms with Gasteiger partial charge < -0.3 is 11.1 Å². The predicted octanol–water partition coefficient (Wildman–Crippen LogP) is 1.38. The van der Waals surface area contributed by atoms with Gasteiger partial charge in [0.15, 0.2) is 0 Å². The van der Waals surface area contributed by atoms with Crippen LogP contribution in [0, 0.1) is 6.92 Å². The van der Waals surface area contributed by atoms with Crippen LogP contribution in [-0.2, 0) is 0 Å². The van der Waals surface area contributed by atoms with Crippen LogP contribution in [0.4, 0.5) is 0 Å². The van der Waals surface area contributed by atoms with Crippen LogP contribution in [0.1, 0.15) is 55.5 Å². The highest BCUT2D eigenvalue weighted by atomic mass is 16.1. The van der Waals surface area contributed by atoms with E-state index in [2.05, 4.69) is 15.3 Å². The summed E-state index contributed by atoms with van der Waals surface area (Å²) in [5, 5.41) is 2.81. The van der Waals surface area contributed by atoms with Crippen LogP contribution < -0.4 is 11.1 Å². The van der Waals surface area contributed by atoms with Crippen molar-refractivity contribution in [2.45, 2.75) is 46.1 Å². The Hall–Kier alpha value is -1.49. The maximum Gasteiger partial charge on any atom is 0.254 e. The lowest BCUT2D eigenvalue weighted by Gasteiger charge is -2.19. The van der Waals surface area contributed by atoms with E-state index in [-0.39, 0.29) is 11.8 Å². The van der Waals surface area contributed by atoms with Gasteiger partial charge in [0, 0.05) is 18.3 Å². The van der Waals surface area contributed by atoms with Crippen molar-refractivity contribution in [3.05, 3.63) is 23.3 Å². The molecule has 18 heavy (non-hydrogen) atoms. The fourth-order valence-electron chi connectivity index (χ4n) is 1.51. The van der Waals surface area contributed by atoms with E-state index in [1.807, 2.05) is 34.6 Å². The standard InChI is InChI=1S/C13H22N4O/c1-8(2)11-10(6-15-9(3)17-11)12(18)16-7-13(4,5)14/h6,8H,7,14H2,1-5H3,(H,16,18). The third kappa shape index (κ3) is 4.07. The van der Waals surface area contributed by atoms with Crippen LogP contribution in [0.3, 0.4) is 0 Å². The van der Waals surface area contributed by atoms with E-state index in [1.54, 1.807) is 6.20 Å². The lowest BCUT2D eigenvalue weighted by atomic mass is 10.0. The highest BCUT2D eigenvalue weighted by Crippen LogP contribution is 2.16. The fourth-order valence-corrected chi connectivity index (χ4v) is 1.51. The molecule has 0 spiro atoms. The molecule has 0 aliphatic rings. The number of rotatable bonds is 4. The Morgan fingerprint density at radius 2 is 2.11 bits per heavy atom. The van der Waals surface area contributed by atoms with E-state index < -0.39 is 5.54 Å². The van der Waals surface area contributed by atoms with Gasteiger partial charge in [-0.2, -0.15) is 0 Å². The quantitative estimate of drug-likeness (QED) is 0.845. The van der Waals surface area contributed by atoms with E-state index in [9.17, 15) is 4.79 Å². The van der Waals surface area contributed by atoms with Crippen molar-refractivity contribution in [1.29, 1.82) is 0 Å². The molecule has 1 heterocycles. The summed E-state index contributed by atoms with van der Waals surface area (Å²) in [5.41, 5.74) is 6.71. The molecule has 5 heteroatoms. The van der Waals surface area contributed by atoms with Crippen molar-refractivity contribution in [1.82, 2.24) is 15.3 Å². The molecule has 0 unspecified atom stereocenters.